The second-order valence-electron chi connectivity index (χ2n) is 11.6. The molecule has 0 saturated carbocycles. The third kappa shape index (κ3) is 9.94. The van der Waals surface area contributed by atoms with Gasteiger partial charge in [0, 0.05) is 13.0 Å². The van der Waals surface area contributed by atoms with Crippen LogP contribution in [0, 0.1) is 0 Å². The first-order chi connectivity index (χ1) is 15.1. The Morgan fingerprint density at radius 3 is 2.15 bits per heavy atom. The van der Waals surface area contributed by atoms with Gasteiger partial charge in [0.15, 0.2) is 14.1 Å². The molecule has 0 amide bonds. The van der Waals surface area contributed by atoms with Crippen molar-refractivity contribution in [1.82, 2.24) is 5.32 Å². The van der Waals surface area contributed by atoms with E-state index in [-0.39, 0.29) is 29.3 Å². The van der Waals surface area contributed by atoms with Crippen LogP contribution in [0.3, 0.4) is 0 Å². The van der Waals surface area contributed by atoms with Crippen LogP contribution in [0.2, 0.25) is 18.1 Å². The predicted molar refractivity (Wildman–Crippen MR) is 135 cm³/mol. The summed E-state index contributed by atoms with van der Waals surface area (Å²) in [6.45, 7) is 18.8. The van der Waals surface area contributed by atoms with Crippen LogP contribution in [0.4, 0.5) is 0 Å². The van der Waals surface area contributed by atoms with Gasteiger partial charge in [-0.25, -0.2) is 0 Å². The van der Waals surface area contributed by atoms with E-state index in [0.29, 0.717) is 6.61 Å². The highest BCUT2D eigenvalue weighted by Gasteiger charge is 2.55. The van der Waals surface area contributed by atoms with Crippen molar-refractivity contribution in [2.24, 2.45) is 0 Å². The number of carbonyl (C=O) groups is 1. The molecule has 2 rings (SSSR count). The smallest absolute Gasteiger partial charge is 0.300 e. The minimum atomic E-state index is -1.89. The average molecular weight is 490 g/mol. The fraction of sp³-hybridized carbons (Fsp3) is 0.960. The van der Waals surface area contributed by atoms with E-state index in [9.17, 15) is 5.11 Å². The predicted octanol–water partition coefficient (Wildman–Crippen LogP) is 5.07. The number of aliphatic hydroxyl groups excluding tert-OH is 1. The molecule has 0 aromatic heterocycles. The molecule has 8 heteroatoms. The van der Waals surface area contributed by atoms with Crippen molar-refractivity contribution < 1.29 is 28.9 Å². The van der Waals surface area contributed by atoms with Crippen molar-refractivity contribution >= 4 is 14.3 Å². The van der Waals surface area contributed by atoms with Crippen LogP contribution in [0.15, 0.2) is 0 Å². The maximum absolute atomic E-state index is 11.0. The van der Waals surface area contributed by atoms with Crippen molar-refractivity contribution in [3.63, 3.8) is 0 Å². The van der Waals surface area contributed by atoms with E-state index in [2.05, 4.69) is 46.1 Å². The van der Waals surface area contributed by atoms with E-state index in [1.54, 1.807) is 0 Å². The number of fused-ring (bicyclic) bond motifs is 1. The molecule has 3 N–H and O–H groups in total. The summed E-state index contributed by atoms with van der Waals surface area (Å²) in [5.41, 5.74) is 0. The van der Waals surface area contributed by atoms with Crippen LogP contribution in [-0.2, 0) is 18.7 Å². The Labute approximate surface area is 203 Å². The van der Waals surface area contributed by atoms with E-state index >= 15 is 0 Å². The fourth-order valence-electron chi connectivity index (χ4n) is 4.18. The van der Waals surface area contributed by atoms with Gasteiger partial charge in [-0.2, -0.15) is 0 Å². The lowest BCUT2D eigenvalue weighted by Crippen LogP contribution is -2.50. The Hall–Kier alpha value is -0.513. The molecule has 2 aliphatic rings. The molecule has 0 aliphatic carbocycles. The molecule has 2 fully saturated rings. The number of carboxylic acid groups (broad SMARTS) is 1. The quantitative estimate of drug-likeness (QED) is 0.275. The average Bonchev–Trinajstić information content (AvgIpc) is 3.14. The summed E-state index contributed by atoms with van der Waals surface area (Å²) in [4.78, 5) is 9.00. The van der Waals surface area contributed by atoms with Crippen LogP contribution in [0.1, 0.15) is 93.4 Å². The molecule has 2 saturated heterocycles. The van der Waals surface area contributed by atoms with Gasteiger partial charge in [-0.3, -0.25) is 4.79 Å². The van der Waals surface area contributed by atoms with Crippen LogP contribution in [-0.4, -0.2) is 67.3 Å². The number of hydrogen-bond acceptors (Lipinski definition) is 6. The van der Waals surface area contributed by atoms with Gasteiger partial charge in [0.25, 0.3) is 5.97 Å². The monoisotopic (exact) mass is 489 g/mol. The molecule has 0 aromatic rings. The molecule has 0 unspecified atom stereocenters. The number of aliphatic carboxylic acids is 1. The molecule has 0 radical (unpaired) electrons. The van der Waals surface area contributed by atoms with Gasteiger partial charge in [-0.05, 0) is 38.4 Å². The Morgan fingerprint density at radius 1 is 1.09 bits per heavy atom. The Morgan fingerprint density at radius 2 is 1.61 bits per heavy atom. The van der Waals surface area contributed by atoms with E-state index < -0.39 is 26.2 Å². The molecular formula is C25H51NO6Si. The third-order valence-corrected chi connectivity index (χ3v) is 11.5. The number of nitrogens with one attached hydrogen (secondary N) is 1. The topological polar surface area (TPSA) is 97.3 Å². The lowest BCUT2D eigenvalue weighted by atomic mass is 10.0. The summed E-state index contributed by atoms with van der Waals surface area (Å²) < 4.78 is 18.7. The van der Waals surface area contributed by atoms with Crippen LogP contribution in [0.25, 0.3) is 0 Å². The molecule has 5 atom stereocenters. The van der Waals surface area contributed by atoms with Gasteiger partial charge in [0.1, 0.15) is 12.2 Å². The van der Waals surface area contributed by atoms with Crippen molar-refractivity contribution in [2.75, 3.05) is 6.61 Å². The maximum Gasteiger partial charge on any atom is 0.300 e. The molecule has 33 heavy (non-hydrogen) atoms. The number of aliphatic hydroxyl groups is 1. The minimum Gasteiger partial charge on any atom is -0.481 e. The van der Waals surface area contributed by atoms with E-state index in [0.717, 1.165) is 13.3 Å². The van der Waals surface area contributed by atoms with Gasteiger partial charge in [-0.15, -0.1) is 0 Å². The summed E-state index contributed by atoms with van der Waals surface area (Å²) >= 11 is 0. The summed E-state index contributed by atoms with van der Waals surface area (Å²) in [7, 11) is -1.89. The number of unbranched alkanes of at least 4 members (excludes halogenated alkanes) is 5. The van der Waals surface area contributed by atoms with Crippen molar-refractivity contribution in [3.8, 4) is 0 Å². The largest absolute Gasteiger partial charge is 0.481 e. The summed E-state index contributed by atoms with van der Waals surface area (Å²) in [6, 6.07) is 0.0945. The zero-order valence-corrected chi connectivity index (χ0v) is 23.6. The highest BCUT2D eigenvalue weighted by atomic mass is 28.4. The summed E-state index contributed by atoms with van der Waals surface area (Å²) in [6.07, 6.45) is 8.08. The first-order valence-electron chi connectivity index (χ1n) is 12.7. The standard InChI is InChI=1S/C23H47NO4Si.C2H4O2/c1-9-10-11-12-13-14-15-17-20-21(28-23(5,6)27-20)19(24-17)18(25)16-26-29(7,8)22(2,3)4;1-2(3)4/h17-21,24-25H,9-16H2,1-8H3;1H3,(H,3,4)/t17-,18+,19-,20+,21-;/m0./s1. The molecule has 7 nitrogen and oxygen atoms in total. The normalized spacial score (nSPS) is 27.6. The fourth-order valence-corrected chi connectivity index (χ4v) is 5.20. The second-order valence-corrected chi connectivity index (χ2v) is 16.4. The number of carboxylic acids is 1. The molecule has 196 valence electrons. The van der Waals surface area contributed by atoms with Gasteiger partial charge in [-0.1, -0.05) is 66.2 Å². The summed E-state index contributed by atoms with van der Waals surface area (Å²) in [5, 5.41) is 22.2. The highest BCUT2D eigenvalue weighted by molar-refractivity contribution is 6.74. The maximum atomic E-state index is 11.0. The molecule has 0 spiro atoms. The Bertz CT molecular complexity index is 588. The van der Waals surface area contributed by atoms with Gasteiger partial charge < -0.3 is 29.4 Å². The third-order valence-electron chi connectivity index (χ3n) is 7.02. The zero-order valence-electron chi connectivity index (χ0n) is 22.6. The first-order valence-corrected chi connectivity index (χ1v) is 15.7. The second kappa shape index (κ2) is 13.0. The van der Waals surface area contributed by atoms with Gasteiger partial charge in [0.05, 0.1) is 18.8 Å². The van der Waals surface area contributed by atoms with Crippen molar-refractivity contribution in [3.05, 3.63) is 0 Å². The van der Waals surface area contributed by atoms with E-state index in [1.807, 2.05) is 13.8 Å². The lowest BCUT2D eigenvalue weighted by Gasteiger charge is -2.37. The first kappa shape index (κ1) is 30.5. The Balaban J connectivity index is 0.00000125. The number of ether oxygens (including phenoxy) is 2. The Kier molecular flexibility index (Phi) is 12.0. The number of hydrogen-bond donors (Lipinski definition) is 3. The molecular weight excluding hydrogens is 438 g/mol. The van der Waals surface area contributed by atoms with Crippen molar-refractivity contribution in [2.45, 2.75) is 148 Å². The molecule has 2 heterocycles. The van der Waals surface area contributed by atoms with E-state index in [1.165, 1.54) is 38.5 Å². The summed E-state index contributed by atoms with van der Waals surface area (Å²) in [5.74, 6) is -1.42. The highest BCUT2D eigenvalue weighted by Crippen LogP contribution is 2.39. The van der Waals surface area contributed by atoms with Gasteiger partial charge >= 0.3 is 0 Å². The molecule has 0 bridgehead atoms. The van der Waals surface area contributed by atoms with Crippen molar-refractivity contribution in [1.29, 1.82) is 0 Å². The zero-order chi connectivity index (χ0) is 25.4. The minimum absolute atomic E-state index is 0.00756. The van der Waals surface area contributed by atoms with E-state index in [4.69, 9.17) is 23.8 Å². The molecule has 2 aliphatic heterocycles. The SMILES string of the molecule is CC(=O)O.CCCCCCCC[C@@H]1N[C@@H]([C@H](O)CO[Si](C)(C)C(C)(C)C)[C@@H]2OC(C)(C)O[C@@H]21. The number of rotatable bonds is 11. The van der Waals surface area contributed by atoms with Crippen LogP contribution in [0.5, 0.6) is 0 Å². The van der Waals surface area contributed by atoms with Gasteiger partial charge in [0.2, 0.25) is 0 Å². The lowest BCUT2D eigenvalue weighted by molar-refractivity contribution is -0.160. The van der Waals surface area contributed by atoms with Crippen LogP contribution < -0.4 is 5.32 Å². The molecule has 0 aromatic carbocycles. The van der Waals surface area contributed by atoms with Crippen LogP contribution >= 0.6 is 0 Å².